The fourth-order valence-corrected chi connectivity index (χ4v) is 2.95. The lowest BCUT2D eigenvalue weighted by atomic mass is 9.93. The number of hydrogen-bond donors (Lipinski definition) is 2. The zero-order valence-electron chi connectivity index (χ0n) is 12.7. The van der Waals surface area contributed by atoms with Crippen LogP contribution in [0, 0.1) is 5.41 Å². The second-order valence-electron chi connectivity index (χ2n) is 5.68. The minimum Gasteiger partial charge on any atom is -0.456 e. The standard InChI is InChI=1S/C20H14N2O2/c21-14-5-7-16-18(9-14)24-19-10-15(22)6-8-17(19)20(16)13-3-1-12(11-23)2-4-13/h1-11,21H,22H2. The van der Waals surface area contributed by atoms with Crippen molar-refractivity contribution >= 4 is 22.9 Å². The number of carbonyl (C=O) groups is 1. The van der Waals surface area contributed by atoms with Crippen molar-refractivity contribution in [3.05, 3.63) is 71.6 Å². The lowest BCUT2D eigenvalue weighted by molar-refractivity contribution is 0.112. The van der Waals surface area contributed by atoms with Crippen LogP contribution in [0.3, 0.4) is 0 Å². The number of anilines is 1. The van der Waals surface area contributed by atoms with Gasteiger partial charge in [0.05, 0.1) is 5.36 Å². The number of nitrogens with two attached hydrogens (primary N) is 1. The van der Waals surface area contributed by atoms with Gasteiger partial charge in [0.1, 0.15) is 17.6 Å². The largest absolute Gasteiger partial charge is 0.456 e. The van der Waals surface area contributed by atoms with E-state index in [0.29, 0.717) is 28.0 Å². The van der Waals surface area contributed by atoms with E-state index in [4.69, 9.17) is 15.6 Å². The van der Waals surface area contributed by atoms with Crippen molar-refractivity contribution in [2.45, 2.75) is 0 Å². The van der Waals surface area contributed by atoms with Gasteiger partial charge >= 0.3 is 0 Å². The molecule has 4 rings (SSSR count). The minimum atomic E-state index is 0.386. The van der Waals surface area contributed by atoms with Gasteiger partial charge in [-0.1, -0.05) is 24.3 Å². The molecule has 1 heterocycles. The molecule has 4 nitrogen and oxygen atoms in total. The number of hydrogen-bond acceptors (Lipinski definition) is 4. The van der Waals surface area contributed by atoms with Crippen molar-refractivity contribution in [2.24, 2.45) is 0 Å². The summed E-state index contributed by atoms with van der Waals surface area (Å²) in [6, 6.07) is 18.3. The second kappa shape index (κ2) is 5.35. The van der Waals surface area contributed by atoms with Crippen LogP contribution in [0.15, 0.2) is 65.1 Å². The normalized spacial score (nSPS) is 11.0. The van der Waals surface area contributed by atoms with Crippen molar-refractivity contribution in [1.29, 1.82) is 5.41 Å². The summed E-state index contributed by atoms with van der Waals surface area (Å²) in [5.74, 6) is 0.634. The zero-order chi connectivity index (χ0) is 16.7. The third kappa shape index (κ3) is 2.25. The first-order valence-corrected chi connectivity index (χ1v) is 7.52. The molecular formula is C20H14N2O2. The molecule has 0 atom stereocenters. The Morgan fingerprint density at radius 3 is 2.50 bits per heavy atom. The Bertz CT molecular complexity index is 1090. The van der Waals surface area contributed by atoms with Crippen molar-refractivity contribution < 1.29 is 9.21 Å². The Hall–Kier alpha value is -3.40. The topological polar surface area (TPSA) is 80.1 Å². The van der Waals surface area contributed by atoms with E-state index in [1.165, 1.54) is 0 Å². The van der Waals surface area contributed by atoms with Gasteiger partial charge < -0.3 is 15.6 Å². The quantitative estimate of drug-likeness (QED) is 0.332. The molecule has 0 amide bonds. The molecule has 0 fully saturated rings. The summed E-state index contributed by atoms with van der Waals surface area (Å²) in [5, 5.41) is 9.16. The molecule has 2 aromatic carbocycles. The molecule has 24 heavy (non-hydrogen) atoms. The monoisotopic (exact) mass is 314 g/mol. The number of benzene rings is 3. The number of fused-ring (bicyclic) bond motifs is 2. The van der Waals surface area contributed by atoms with Crippen LogP contribution in [-0.4, -0.2) is 6.29 Å². The van der Waals surface area contributed by atoms with Crippen LogP contribution < -0.4 is 11.1 Å². The van der Waals surface area contributed by atoms with E-state index in [1.807, 2.05) is 30.3 Å². The van der Waals surface area contributed by atoms with Gasteiger partial charge in [0, 0.05) is 39.9 Å². The van der Waals surface area contributed by atoms with Crippen LogP contribution in [0.2, 0.25) is 0 Å². The molecule has 0 aromatic heterocycles. The van der Waals surface area contributed by atoms with E-state index in [0.717, 1.165) is 28.4 Å². The molecule has 116 valence electrons. The van der Waals surface area contributed by atoms with Crippen LogP contribution in [0.25, 0.3) is 33.4 Å². The molecule has 3 N–H and O–H groups in total. The maximum absolute atomic E-state index is 10.9. The highest BCUT2D eigenvalue weighted by atomic mass is 16.3. The summed E-state index contributed by atoms with van der Waals surface area (Å²) in [7, 11) is 0. The molecule has 2 aliphatic rings. The fourth-order valence-electron chi connectivity index (χ4n) is 2.95. The van der Waals surface area contributed by atoms with Gasteiger partial charge in [-0.15, -0.1) is 0 Å². The smallest absolute Gasteiger partial charge is 0.150 e. The summed E-state index contributed by atoms with van der Waals surface area (Å²) >= 11 is 0. The van der Waals surface area contributed by atoms with Gasteiger partial charge in [-0.25, -0.2) is 0 Å². The Labute approximate surface area is 138 Å². The van der Waals surface area contributed by atoms with E-state index < -0.39 is 0 Å². The number of carbonyl (C=O) groups excluding carboxylic acids is 1. The fraction of sp³-hybridized carbons (Fsp3) is 0. The van der Waals surface area contributed by atoms with Gasteiger partial charge in [0.2, 0.25) is 0 Å². The minimum absolute atomic E-state index is 0.386. The summed E-state index contributed by atoms with van der Waals surface area (Å²) in [5.41, 5.74) is 10.7. The molecule has 0 radical (unpaired) electrons. The predicted molar refractivity (Wildman–Crippen MR) is 93.9 cm³/mol. The second-order valence-corrected chi connectivity index (χ2v) is 5.68. The highest BCUT2D eigenvalue weighted by Crippen LogP contribution is 2.40. The summed E-state index contributed by atoms with van der Waals surface area (Å²) in [6.07, 6.45) is 0.827. The molecule has 1 aliphatic heterocycles. The lowest BCUT2D eigenvalue weighted by Crippen LogP contribution is -2.00. The Morgan fingerprint density at radius 1 is 0.958 bits per heavy atom. The SMILES string of the molecule is N=c1ccc2c(-c3ccc(C=O)cc3)c3ccc(N)cc3oc-2c1. The van der Waals surface area contributed by atoms with Crippen LogP contribution in [0.4, 0.5) is 5.69 Å². The molecule has 2 aromatic rings. The van der Waals surface area contributed by atoms with Crippen molar-refractivity contribution in [2.75, 3.05) is 5.73 Å². The van der Waals surface area contributed by atoms with E-state index in [9.17, 15) is 4.79 Å². The third-order valence-corrected chi connectivity index (χ3v) is 4.08. The van der Waals surface area contributed by atoms with Crippen molar-refractivity contribution in [3.8, 4) is 22.5 Å². The number of rotatable bonds is 2. The molecule has 0 saturated heterocycles. The summed E-state index contributed by atoms with van der Waals surface area (Å²) in [6.45, 7) is 0. The van der Waals surface area contributed by atoms with Gasteiger partial charge in [0.25, 0.3) is 0 Å². The van der Waals surface area contributed by atoms with E-state index >= 15 is 0 Å². The summed E-state index contributed by atoms with van der Waals surface area (Å²) in [4.78, 5) is 10.9. The third-order valence-electron chi connectivity index (χ3n) is 4.08. The van der Waals surface area contributed by atoms with Crippen LogP contribution in [-0.2, 0) is 0 Å². The van der Waals surface area contributed by atoms with Crippen LogP contribution in [0.1, 0.15) is 10.4 Å². The number of aldehydes is 1. The average Bonchev–Trinajstić information content (AvgIpc) is 2.59. The first kappa shape index (κ1) is 14.2. The zero-order valence-corrected chi connectivity index (χ0v) is 12.7. The first-order chi connectivity index (χ1) is 11.7. The van der Waals surface area contributed by atoms with Crippen LogP contribution >= 0.6 is 0 Å². The van der Waals surface area contributed by atoms with E-state index in [2.05, 4.69) is 0 Å². The van der Waals surface area contributed by atoms with Crippen molar-refractivity contribution in [3.63, 3.8) is 0 Å². The maximum atomic E-state index is 10.9. The molecule has 1 aliphatic carbocycles. The van der Waals surface area contributed by atoms with Crippen LogP contribution in [0.5, 0.6) is 0 Å². The Balaban J connectivity index is 2.13. The molecule has 0 bridgehead atoms. The molecule has 0 unspecified atom stereocenters. The molecule has 0 saturated carbocycles. The molecular weight excluding hydrogens is 300 g/mol. The van der Waals surface area contributed by atoms with Gasteiger partial charge in [0.15, 0.2) is 0 Å². The van der Waals surface area contributed by atoms with Crippen molar-refractivity contribution in [1.82, 2.24) is 0 Å². The molecule has 4 heteroatoms. The van der Waals surface area contributed by atoms with Gasteiger partial charge in [-0.05, 0) is 29.8 Å². The first-order valence-electron chi connectivity index (χ1n) is 7.52. The lowest BCUT2D eigenvalue weighted by Gasteiger charge is -2.15. The highest BCUT2D eigenvalue weighted by molar-refractivity contribution is 6.02. The predicted octanol–water partition coefficient (Wildman–Crippen LogP) is 4.08. The maximum Gasteiger partial charge on any atom is 0.150 e. The Morgan fingerprint density at radius 2 is 1.75 bits per heavy atom. The number of nitrogen functional groups attached to an aromatic ring is 1. The summed E-state index contributed by atoms with van der Waals surface area (Å²) < 4.78 is 5.96. The van der Waals surface area contributed by atoms with E-state index in [-0.39, 0.29) is 0 Å². The highest BCUT2D eigenvalue weighted by Gasteiger charge is 2.16. The van der Waals surface area contributed by atoms with Gasteiger partial charge in [-0.2, -0.15) is 0 Å². The van der Waals surface area contributed by atoms with E-state index in [1.54, 1.807) is 30.3 Å². The average molecular weight is 314 g/mol. The number of nitrogens with one attached hydrogen (secondary N) is 1. The molecule has 0 spiro atoms. The Kier molecular flexibility index (Phi) is 3.17. The van der Waals surface area contributed by atoms with Gasteiger partial charge in [-0.3, -0.25) is 4.79 Å².